The first-order valence-corrected chi connectivity index (χ1v) is 7.79. The van der Waals surface area contributed by atoms with Crippen LogP contribution < -0.4 is 5.73 Å². The van der Waals surface area contributed by atoms with E-state index >= 15 is 0 Å². The monoisotopic (exact) mass is 311 g/mol. The Kier molecular flexibility index (Phi) is 4.69. The van der Waals surface area contributed by atoms with Crippen molar-refractivity contribution in [1.82, 2.24) is 9.88 Å². The third kappa shape index (κ3) is 3.57. The average molecular weight is 311 g/mol. The van der Waals surface area contributed by atoms with E-state index in [-0.39, 0.29) is 18.1 Å². The van der Waals surface area contributed by atoms with Crippen molar-refractivity contribution in [3.05, 3.63) is 54.4 Å². The van der Waals surface area contributed by atoms with Gasteiger partial charge in [-0.3, -0.25) is 14.7 Å². The molecule has 0 saturated carbocycles. The zero-order valence-electron chi connectivity index (χ0n) is 13.2. The summed E-state index contributed by atoms with van der Waals surface area (Å²) in [5.74, 6) is -0.333. The van der Waals surface area contributed by atoms with Gasteiger partial charge in [0, 0.05) is 25.5 Å². The number of rotatable bonds is 4. The second-order valence-electron chi connectivity index (χ2n) is 5.84. The minimum absolute atomic E-state index is 0.178. The molecule has 1 fully saturated rings. The van der Waals surface area contributed by atoms with Crippen LogP contribution in [0.2, 0.25) is 0 Å². The smallest absolute Gasteiger partial charge is 0.237 e. The van der Waals surface area contributed by atoms with Crippen LogP contribution in [0.5, 0.6) is 0 Å². The van der Waals surface area contributed by atoms with Gasteiger partial charge in [0.25, 0.3) is 0 Å². The van der Waals surface area contributed by atoms with Gasteiger partial charge in [0.2, 0.25) is 5.91 Å². The number of ether oxygens (including phenoxy) is 1. The number of benzene rings is 1. The number of primary amides is 1. The number of carbonyl (C=O) groups is 1. The van der Waals surface area contributed by atoms with Crippen LogP contribution in [-0.4, -0.2) is 41.1 Å². The molecule has 1 aliphatic rings. The molecular formula is C18H21N3O2. The van der Waals surface area contributed by atoms with Gasteiger partial charge < -0.3 is 10.5 Å². The predicted octanol–water partition coefficient (Wildman–Crippen LogP) is 1.82. The molecule has 0 bridgehead atoms. The fourth-order valence-electron chi connectivity index (χ4n) is 3.09. The molecule has 0 unspecified atom stereocenters. The zero-order chi connectivity index (χ0) is 16.2. The van der Waals surface area contributed by atoms with Gasteiger partial charge in [-0.05, 0) is 35.7 Å². The lowest BCUT2D eigenvalue weighted by Crippen LogP contribution is -2.56. The van der Waals surface area contributed by atoms with Crippen molar-refractivity contribution in [3.8, 4) is 11.1 Å². The van der Waals surface area contributed by atoms with Crippen molar-refractivity contribution in [1.29, 1.82) is 0 Å². The molecule has 5 heteroatoms. The maximum atomic E-state index is 11.7. The van der Waals surface area contributed by atoms with Gasteiger partial charge in [-0.15, -0.1) is 0 Å². The SMILES string of the molecule is C[C@H]1OCCN(Cc2cccc(-c3cccnc3)c2)[C@@H]1C(N)=O. The fourth-order valence-corrected chi connectivity index (χ4v) is 3.09. The summed E-state index contributed by atoms with van der Waals surface area (Å²) < 4.78 is 5.56. The van der Waals surface area contributed by atoms with Crippen LogP contribution in [0.25, 0.3) is 11.1 Å². The van der Waals surface area contributed by atoms with Crippen LogP contribution in [0, 0.1) is 0 Å². The lowest BCUT2D eigenvalue weighted by molar-refractivity contribution is -0.136. The number of hydrogen-bond donors (Lipinski definition) is 1. The van der Waals surface area contributed by atoms with Crippen LogP contribution in [-0.2, 0) is 16.1 Å². The molecule has 3 rings (SSSR count). The largest absolute Gasteiger partial charge is 0.375 e. The summed E-state index contributed by atoms with van der Waals surface area (Å²) in [7, 11) is 0. The molecule has 5 nitrogen and oxygen atoms in total. The Balaban J connectivity index is 1.81. The van der Waals surface area contributed by atoms with E-state index in [0.29, 0.717) is 19.7 Å². The van der Waals surface area contributed by atoms with Crippen LogP contribution in [0.15, 0.2) is 48.8 Å². The zero-order valence-corrected chi connectivity index (χ0v) is 13.2. The molecule has 2 N–H and O–H groups in total. The van der Waals surface area contributed by atoms with E-state index in [9.17, 15) is 4.79 Å². The van der Waals surface area contributed by atoms with Crippen molar-refractivity contribution in [2.45, 2.75) is 25.6 Å². The molecule has 2 aromatic rings. The van der Waals surface area contributed by atoms with E-state index in [0.717, 1.165) is 16.7 Å². The van der Waals surface area contributed by atoms with E-state index in [1.54, 1.807) is 6.20 Å². The Morgan fingerprint density at radius 2 is 2.17 bits per heavy atom. The van der Waals surface area contributed by atoms with Gasteiger partial charge in [0.15, 0.2) is 0 Å². The fraction of sp³-hybridized carbons (Fsp3) is 0.333. The number of carbonyl (C=O) groups excluding carboxylic acids is 1. The molecule has 0 spiro atoms. The van der Waals surface area contributed by atoms with Crippen molar-refractivity contribution in [2.75, 3.05) is 13.2 Å². The van der Waals surface area contributed by atoms with Crippen molar-refractivity contribution < 1.29 is 9.53 Å². The molecule has 23 heavy (non-hydrogen) atoms. The van der Waals surface area contributed by atoms with Crippen LogP contribution in [0.1, 0.15) is 12.5 Å². The van der Waals surface area contributed by atoms with E-state index in [1.165, 1.54) is 0 Å². The highest BCUT2D eigenvalue weighted by Crippen LogP contribution is 2.22. The Labute approximate surface area is 136 Å². The maximum absolute atomic E-state index is 11.7. The highest BCUT2D eigenvalue weighted by atomic mass is 16.5. The van der Waals surface area contributed by atoms with E-state index in [2.05, 4.69) is 28.1 Å². The number of morpholine rings is 1. The standard InChI is InChI=1S/C18H21N3O2/c1-13-17(18(19)22)21(8-9-23-13)12-14-4-2-5-15(10-14)16-6-3-7-20-11-16/h2-7,10-11,13,17H,8-9,12H2,1H3,(H2,19,22)/t13-,17+/m1/s1. The van der Waals surface area contributed by atoms with Gasteiger partial charge in [0.05, 0.1) is 12.7 Å². The van der Waals surface area contributed by atoms with Gasteiger partial charge in [-0.2, -0.15) is 0 Å². The summed E-state index contributed by atoms with van der Waals surface area (Å²) >= 11 is 0. The molecule has 1 saturated heterocycles. The minimum atomic E-state index is -0.384. The molecule has 2 atom stereocenters. The van der Waals surface area contributed by atoms with Gasteiger partial charge in [-0.1, -0.05) is 24.3 Å². The molecule has 1 aromatic heterocycles. The predicted molar refractivity (Wildman–Crippen MR) is 88.5 cm³/mol. The summed E-state index contributed by atoms with van der Waals surface area (Å²) in [6.45, 7) is 3.89. The molecule has 120 valence electrons. The maximum Gasteiger partial charge on any atom is 0.237 e. The van der Waals surface area contributed by atoms with Gasteiger partial charge in [-0.25, -0.2) is 0 Å². The topological polar surface area (TPSA) is 68.4 Å². The summed E-state index contributed by atoms with van der Waals surface area (Å²) in [5.41, 5.74) is 8.90. The molecule has 0 radical (unpaired) electrons. The lowest BCUT2D eigenvalue weighted by atomic mass is 10.0. The van der Waals surface area contributed by atoms with Crippen molar-refractivity contribution in [2.24, 2.45) is 5.73 Å². The van der Waals surface area contributed by atoms with Crippen LogP contribution in [0.4, 0.5) is 0 Å². The first kappa shape index (κ1) is 15.6. The minimum Gasteiger partial charge on any atom is -0.375 e. The molecule has 2 heterocycles. The molecule has 1 aromatic carbocycles. The van der Waals surface area contributed by atoms with Gasteiger partial charge in [0.1, 0.15) is 6.04 Å². The second kappa shape index (κ2) is 6.89. The summed E-state index contributed by atoms with van der Waals surface area (Å²) in [4.78, 5) is 18.0. The first-order valence-electron chi connectivity index (χ1n) is 7.79. The molecule has 0 aliphatic carbocycles. The van der Waals surface area contributed by atoms with E-state index in [4.69, 9.17) is 10.5 Å². The quantitative estimate of drug-likeness (QED) is 0.935. The van der Waals surface area contributed by atoms with Crippen molar-refractivity contribution >= 4 is 5.91 Å². The van der Waals surface area contributed by atoms with E-state index < -0.39 is 0 Å². The number of aromatic nitrogens is 1. The van der Waals surface area contributed by atoms with Crippen molar-refractivity contribution in [3.63, 3.8) is 0 Å². The Morgan fingerprint density at radius 1 is 1.35 bits per heavy atom. The molecule has 1 amide bonds. The molecule has 1 aliphatic heterocycles. The molecular weight excluding hydrogens is 290 g/mol. The Bertz CT molecular complexity index is 675. The van der Waals surface area contributed by atoms with Crippen LogP contribution in [0.3, 0.4) is 0 Å². The Hall–Kier alpha value is -2.24. The highest BCUT2D eigenvalue weighted by Gasteiger charge is 2.33. The summed E-state index contributed by atoms with van der Waals surface area (Å²) in [6, 6.07) is 11.9. The third-order valence-corrected chi connectivity index (χ3v) is 4.20. The second-order valence-corrected chi connectivity index (χ2v) is 5.84. The lowest BCUT2D eigenvalue weighted by Gasteiger charge is -2.37. The van der Waals surface area contributed by atoms with Crippen LogP contribution >= 0.6 is 0 Å². The average Bonchev–Trinajstić information content (AvgIpc) is 2.56. The van der Waals surface area contributed by atoms with E-state index in [1.807, 2.05) is 31.3 Å². The van der Waals surface area contributed by atoms with Gasteiger partial charge >= 0.3 is 0 Å². The number of nitrogens with two attached hydrogens (primary N) is 1. The highest BCUT2D eigenvalue weighted by molar-refractivity contribution is 5.80. The number of hydrogen-bond acceptors (Lipinski definition) is 4. The first-order chi connectivity index (χ1) is 11.1. The summed E-state index contributed by atoms with van der Waals surface area (Å²) in [6.07, 6.45) is 3.44. The Morgan fingerprint density at radius 3 is 2.91 bits per heavy atom. The summed E-state index contributed by atoms with van der Waals surface area (Å²) in [5, 5.41) is 0. The number of amides is 1. The normalized spacial score (nSPS) is 22.0. The third-order valence-electron chi connectivity index (χ3n) is 4.20. The number of nitrogens with zero attached hydrogens (tertiary/aromatic N) is 2. The number of pyridine rings is 1.